The van der Waals surface area contributed by atoms with Crippen LogP contribution in [0.25, 0.3) is 0 Å². The molecular weight excluding hydrogens is 525 g/mol. The van der Waals surface area contributed by atoms with Crippen LogP contribution in [0, 0.1) is 5.92 Å². The number of nitrogens with zero attached hydrogens (tertiary/aromatic N) is 1. The van der Waals surface area contributed by atoms with Gasteiger partial charge in [-0.3, -0.25) is 9.05 Å². The van der Waals surface area contributed by atoms with Gasteiger partial charge in [0.25, 0.3) is 0 Å². The number of aliphatic hydroxyl groups excluding tert-OH is 2. The van der Waals surface area contributed by atoms with E-state index in [-0.39, 0.29) is 26.3 Å². The fraction of sp³-hybridized carbons (Fsp3) is 1.00. The Labute approximate surface area is 248 Å². The molecule has 0 amide bonds. The molecule has 0 aliphatic rings. The van der Waals surface area contributed by atoms with Crippen molar-refractivity contribution in [2.24, 2.45) is 5.92 Å². The third kappa shape index (κ3) is 25.7. The highest BCUT2D eigenvalue weighted by molar-refractivity contribution is 7.48. The van der Waals surface area contributed by atoms with Crippen molar-refractivity contribution in [2.45, 2.75) is 162 Å². The number of hydroxylamine groups is 2. The molecule has 7 nitrogen and oxygen atoms in total. The third-order valence-corrected chi connectivity index (χ3v) is 8.96. The molecule has 0 aliphatic heterocycles. The summed E-state index contributed by atoms with van der Waals surface area (Å²) in [5.41, 5.74) is 0. The van der Waals surface area contributed by atoms with Gasteiger partial charge in [0.05, 0.1) is 26.4 Å². The van der Waals surface area contributed by atoms with Crippen LogP contribution in [0.3, 0.4) is 0 Å². The number of hydrogen-bond donors (Lipinski definition) is 2. The molecule has 0 aliphatic carbocycles. The van der Waals surface area contributed by atoms with Gasteiger partial charge >= 0.3 is 7.82 Å². The zero-order chi connectivity index (χ0) is 29.6. The lowest BCUT2D eigenvalue weighted by atomic mass is 9.95. The Morgan fingerprint density at radius 1 is 0.575 bits per heavy atom. The molecular formula is C32H68NO6P. The van der Waals surface area contributed by atoms with Gasteiger partial charge in [0, 0.05) is 13.1 Å². The van der Waals surface area contributed by atoms with Gasteiger partial charge in [-0.05, 0) is 25.2 Å². The van der Waals surface area contributed by atoms with Gasteiger partial charge in [0.15, 0.2) is 0 Å². The lowest BCUT2D eigenvalue weighted by Crippen LogP contribution is -2.30. The number of phosphoric ester groups is 1. The first-order valence-corrected chi connectivity index (χ1v) is 18.6. The summed E-state index contributed by atoms with van der Waals surface area (Å²) in [5.74, 6) is 0.324. The average Bonchev–Trinajstić information content (AvgIpc) is 2.94. The van der Waals surface area contributed by atoms with Crippen molar-refractivity contribution in [1.82, 2.24) is 5.06 Å². The number of hydrogen-bond acceptors (Lipinski definition) is 7. The second kappa shape index (κ2) is 30.4. The van der Waals surface area contributed by atoms with Crippen molar-refractivity contribution >= 4 is 7.82 Å². The number of phosphoric acid groups is 1. The molecule has 2 N–H and O–H groups in total. The second-order valence-electron chi connectivity index (χ2n) is 11.5. The van der Waals surface area contributed by atoms with Crippen molar-refractivity contribution in [1.29, 1.82) is 0 Å². The van der Waals surface area contributed by atoms with Gasteiger partial charge in [-0.1, -0.05) is 143 Å². The van der Waals surface area contributed by atoms with Crippen LogP contribution in [0.1, 0.15) is 162 Å². The molecule has 0 radical (unpaired) electrons. The van der Waals surface area contributed by atoms with Crippen LogP contribution in [0.4, 0.5) is 0 Å². The normalized spacial score (nSPS) is 14.2. The fourth-order valence-corrected chi connectivity index (χ4v) is 6.35. The van der Waals surface area contributed by atoms with E-state index in [1.165, 1.54) is 101 Å². The Kier molecular flexibility index (Phi) is 30.4. The Bertz CT molecular complexity index is 547. The monoisotopic (exact) mass is 593 g/mol. The van der Waals surface area contributed by atoms with Crippen molar-refractivity contribution in [3.63, 3.8) is 0 Å². The first-order valence-electron chi connectivity index (χ1n) is 17.1. The maximum Gasteiger partial charge on any atom is 0.491 e. The summed E-state index contributed by atoms with van der Waals surface area (Å²) in [7, 11) is -3.86. The zero-order valence-electron chi connectivity index (χ0n) is 26.8. The first kappa shape index (κ1) is 40.0. The quantitative estimate of drug-likeness (QED) is 0.0445. The fourth-order valence-electron chi connectivity index (χ4n) is 4.99. The number of unbranched alkanes of at least 4 members (excludes halogenated alkanes) is 17. The SMILES string of the molecule is CCCCCCCCCCCCOP(=O)(OCC(CCCCCC)CCCCCCCC)ON(CCO)CCO. The predicted octanol–water partition coefficient (Wildman–Crippen LogP) is 9.60. The molecule has 40 heavy (non-hydrogen) atoms. The summed E-state index contributed by atoms with van der Waals surface area (Å²) >= 11 is 0. The van der Waals surface area contributed by atoms with Crippen molar-refractivity contribution in [3.05, 3.63) is 0 Å². The minimum Gasteiger partial charge on any atom is -0.395 e. The smallest absolute Gasteiger partial charge is 0.395 e. The van der Waals surface area contributed by atoms with Gasteiger partial charge in [0.1, 0.15) is 0 Å². The van der Waals surface area contributed by atoms with Crippen molar-refractivity contribution in [3.8, 4) is 0 Å². The molecule has 242 valence electrons. The predicted molar refractivity (Wildman–Crippen MR) is 168 cm³/mol. The molecule has 0 aromatic carbocycles. The van der Waals surface area contributed by atoms with Crippen LogP contribution in [0.5, 0.6) is 0 Å². The van der Waals surface area contributed by atoms with Gasteiger partial charge < -0.3 is 10.2 Å². The van der Waals surface area contributed by atoms with Crippen LogP contribution in [0.2, 0.25) is 0 Å². The second-order valence-corrected chi connectivity index (χ2v) is 13.1. The van der Waals surface area contributed by atoms with Crippen LogP contribution >= 0.6 is 7.82 Å². The standard InChI is InChI=1S/C32H68NO6P/c1-4-7-10-13-15-16-17-18-20-23-30-37-40(36,39-33(26-28-34)27-29-35)38-31-32(24-21-12-9-6-3)25-22-19-14-11-8-5-2/h32,34-35H,4-31H2,1-3H3. The summed E-state index contributed by atoms with van der Waals surface area (Å²) < 4.78 is 31.1. The molecule has 2 atom stereocenters. The largest absolute Gasteiger partial charge is 0.491 e. The molecule has 8 heteroatoms. The minimum atomic E-state index is -3.86. The molecule has 0 fully saturated rings. The van der Waals surface area contributed by atoms with Crippen molar-refractivity contribution in [2.75, 3.05) is 39.5 Å². The molecule has 0 saturated heterocycles. The van der Waals surface area contributed by atoms with E-state index in [1.807, 2.05) is 0 Å². The number of aliphatic hydroxyl groups is 2. The van der Waals surface area contributed by atoms with Crippen LogP contribution in [0.15, 0.2) is 0 Å². The third-order valence-electron chi connectivity index (χ3n) is 7.56. The molecule has 0 bridgehead atoms. The Morgan fingerprint density at radius 3 is 1.43 bits per heavy atom. The molecule has 0 saturated carbocycles. The highest BCUT2D eigenvalue weighted by atomic mass is 31.2. The maximum absolute atomic E-state index is 13.7. The Balaban J connectivity index is 4.81. The highest BCUT2D eigenvalue weighted by Gasteiger charge is 2.31. The summed E-state index contributed by atoms with van der Waals surface area (Å²) in [5, 5.41) is 20.1. The van der Waals surface area contributed by atoms with Crippen LogP contribution in [-0.2, 0) is 18.2 Å². The minimum absolute atomic E-state index is 0.133. The first-order chi connectivity index (χ1) is 19.5. The average molecular weight is 594 g/mol. The Morgan fingerprint density at radius 2 is 0.975 bits per heavy atom. The van der Waals surface area contributed by atoms with Gasteiger partial charge in [-0.25, -0.2) is 4.57 Å². The van der Waals surface area contributed by atoms with Gasteiger partial charge in [-0.15, -0.1) is 0 Å². The maximum atomic E-state index is 13.7. The van der Waals surface area contributed by atoms with E-state index in [9.17, 15) is 14.8 Å². The molecule has 0 heterocycles. The highest BCUT2D eigenvalue weighted by Crippen LogP contribution is 2.51. The van der Waals surface area contributed by atoms with Crippen LogP contribution in [-0.4, -0.2) is 54.8 Å². The summed E-state index contributed by atoms with van der Waals surface area (Å²) in [6.45, 7) is 7.30. The van der Waals surface area contributed by atoms with E-state index in [0.717, 1.165) is 44.9 Å². The molecule has 2 unspecified atom stereocenters. The van der Waals surface area contributed by atoms with Crippen molar-refractivity contribution < 1.29 is 28.5 Å². The summed E-state index contributed by atoms with van der Waals surface area (Å²) in [6.07, 6.45) is 26.6. The summed E-state index contributed by atoms with van der Waals surface area (Å²) in [6, 6.07) is 0. The lowest BCUT2D eigenvalue weighted by Gasteiger charge is -2.27. The topological polar surface area (TPSA) is 88.5 Å². The Hall–Kier alpha value is -0.0100. The van der Waals surface area contributed by atoms with E-state index in [2.05, 4.69) is 20.8 Å². The van der Waals surface area contributed by atoms with E-state index in [4.69, 9.17) is 13.7 Å². The van der Waals surface area contributed by atoms with Gasteiger partial charge in [0.2, 0.25) is 0 Å². The molecule has 0 rings (SSSR count). The van der Waals surface area contributed by atoms with E-state index < -0.39 is 7.82 Å². The van der Waals surface area contributed by atoms with E-state index in [0.29, 0.717) is 19.1 Å². The van der Waals surface area contributed by atoms with Gasteiger partial charge in [-0.2, -0.15) is 9.69 Å². The zero-order valence-corrected chi connectivity index (χ0v) is 27.7. The lowest BCUT2D eigenvalue weighted by molar-refractivity contribution is -0.106. The molecule has 0 aromatic heterocycles. The van der Waals surface area contributed by atoms with E-state index in [1.54, 1.807) is 0 Å². The van der Waals surface area contributed by atoms with E-state index >= 15 is 0 Å². The molecule has 0 spiro atoms. The van der Waals surface area contributed by atoms with Crippen LogP contribution < -0.4 is 0 Å². The number of rotatable bonds is 33. The summed E-state index contributed by atoms with van der Waals surface area (Å²) in [4.78, 5) is 0. The molecule has 0 aromatic rings.